The molecule has 1 N–H and O–H groups in total. The highest BCUT2D eigenvalue weighted by molar-refractivity contribution is 6.03. The lowest BCUT2D eigenvalue weighted by molar-refractivity contribution is -0.137. The molecule has 1 amide bonds. The highest BCUT2D eigenvalue weighted by atomic mass is 16.5. The summed E-state index contributed by atoms with van der Waals surface area (Å²) in [6, 6.07) is 5.29. The molecule has 0 aliphatic carbocycles. The number of carbonyl (C=O) groups excluding carboxylic acids is 3. The monoisotopic (exact) mass is 464 g/mol. The molecule has 8 heteroatoms. The number of nitrogens with one attached hydrogen (secondary N) is 1. The first-order chi connectivity index (χ1) is 16.2. The number of carbonyl (C=O) groups is 3. The van der Waals surface area contributed by atoms with Crippen LogP contribution in [0.3, 0.4) is 0 Å². The SMILES string of the molecule is Cc1cc(/C=C(\C#N)C(=O)OCC(=O)c2c[nH]c(C(=O)N3CCCC3)c2)c(C)n1CCC(C)C. The summed E-state index contributed by atoms with van der Waals surface area (Å²) < 4.78 is 7.28. The minimum atomic E-state index is -0.855. The van der Waals surface area contributed by atoms with E-state index in [-0.39, 0.29) is 17.0 Å². The van der Waals surface area contributed by atoms with Crippen LogP contribution in [0.5, 0.6) is 0 Å². The van der Waals surface area contributed by atoms with Gasteiger partial charge in [-0.2, -0.15) is 5.26 Å². The van der Waals surface area contributed by atoms with Gasteiger partial charge in [0, 0.05) is 42.8 Å². The Balaban J connectivity index is 1.63. The van der Waals surface area contributed by atoms with Gasteiger partial charge in [-0.1, -0.05) is 13.8 Å². The third kappa shape index (κ3) is 5.84. The molecule has 3 rings (SSSR count). The first-order valence-electron chi connectivity index (χ1n) is 11.7. The lowest BCUT2D eigenvalue weighted by Crippen LogP contribution is -2.27. The van der Waals surface area contributed by atoms with Crippen LogP contribution in [-0.2, 0) is 16.1 Å². The maximum Gasteiger partial charge on any atom is 0.349 e. The Morgan fingerprint density at radius 1 is 1.21 bits per heavy atom. The molecule has 0 saturated carbocycles. The summed E-state index contributed by atoms with van der Waals surface area (Å²) in [5.74, 6) is -0.882. The zero-order chi connectivity index (χ0) is 24.8. The van der Waals surface area contributed by atoms with Crippen LogP contribution in [0.25, 0.3) is 6.08 Å². The molecular formula is C26H32N4O4. The van der Waals surface area contributed by atoms with E-state index in [0.717, 1.165) is 42.8 Å². The highest BCUT2D eigenvalue weighted by Crippen LogP contribution is 2.20. The number of nitriles is 1. The minimum absolute atomic E-state index is 0.144. The van der Waals surface area contributed by atoms with E-state index < -0.39 is 18.4 Å². The maximum atomic E-state index is 12.5. The topological polar surface area (TPSA) is 108 Å². The van der Waals surface area contributed by atoms with Gasteiger partial charge in [0.15, 0.2) is 6.61 Å². The molecule has 3 heterocycles. The fourth-order valence-corrected chi connectivity index (χ4v) is 4.06. The van der Waals surface area contributed by atoms with Gasteiger partial charge < -0.3 is 19.2 Å². The van der Waals surface area contributed by atoms with Crippen molar-refractivity contribution in [2.75, 3.05) is 19.7 Å². The lowest BCUT2D eigenvalue weighted by atomic mass is 10.1. The van der Waals surface area contributed by atoms with Crippen molar-refractivity contribution in [3.8, 4) is 6.07 Å². The quantitative estimate of drug-likeness (QED) is 0.261. The molecule has 8 nitrogen and oxygen atoms in total. The van der Waals surface area contributed by atoms with E-state index >= 15 is 0 Å². The summed E-state index contributed by atoms with van der Waals surface area (Å²) in [4.78, 5) is 42.0. The maximum absolute atomic E-state index is 12.5. The van der Waals surface area contributed by atoms with Crippen molar-refractivity contribution in [1.29, 1.82) is 5.26 Å². The van der Waals surface area contributed by atoms with E-state index in [1.54, 1.807) is 4.90 Å². The number of H-pyrrole nitrogens is 1. The number of hydrogen-bond acceptors (Lipinski definition) is 5. The number of nitrogens with zero attached hydrogens (tertiary/aromatic N) is 3. The fraction of sp³-hybridized carbons (Fsp3) is 0.462. The molecule has 1 aliphatic rings. The molecule has 0 atom stereocenters. The zero-order valence-corrected chi connectivity index (χ0v) is 20.3. The highest BCUT2D eigenvalue weighted by Gasteiger charge is 2.22. The summed E-state index contributed by atoms with van der Waals surface area (Å²) in [5.41, 5.74) is 3.22. The second-order valence-electron chi connectivity index (χ2n) is 9.13. The molecule has 180 valence electrons. The average molecular weight is 465 g/mol. The van der Waals surface area contributed by atoms with Gasteiger partial charge in [0.2, 0.25) is 5.78 Å². The molecule has 1 saturated heterocycles. The van der Waals surface area contributed by atoms with Gasteiger partial charge in [-0.05, 0) is 62.8 Å². The summed E-state index contributed by atoms with van der Waals surface area (Å²) in [5, 5.41) is 9.49. The Morgan fingerprint density at radius 3 is 2.56 bits per heavy atom. The van der Waals surface area contributed by atoms with Gasteiger partial charge in [0.1, 0.15) is 17.3 Å². The van der Waals surface area contributed by atoms with Gasteiger partial charge in [-0.25, -0.2) is 4.79 Å². The molecule has 0 aromatic carbocycles. The number of ether oxygens (including phenoxy) is 1. The molecule has 0 spiro atoms. The van der Waals surface area contributed by atoms with Gasteiger partial charge in [0.05, 0.1) is 0 Å². The molecule has 0 unspecified atom stereocenters. The van der Waals surface area contributed by atoms with E-state index in [9.17, 15) is 19.6 Å². The lowest BCUT2D eigenvalue weighted by Gasteiger charge is -2.13. The number of rotatable bonds is 9. The van der Waals surface area contributed by atoms with Crippen LogP contribution in [0.1, 0.15) is 70.9 Å². The Morgan fingerprint density at radius 2 is 1.91 bits per heavy atom. The largest absolute Gasteiger partial charge is 0.453 e. The van der Waals surface area contributed by atoms with Crippen molar-refractivity contribution < 1.29 is 19.1 Å². The molecule has 34 heavy (non-hydrogen) atoms. The third-order valence-corrected chi connectivity index (χ3v) is 6.15. The predicted molar refractivity (Wildman–Crippen MR) is 128 cm³/mol. The molecule has 1 fully saturated rings. The first-order valence-corrected chi connectivity index (χ1v) is 11.7. The first kappa shape index (κ1) is 25.0. The van der Waals surface area contributed by atoms with Crippen molar-refractivity contribution in [3.63, 3.8) is 0 Å². The van der Waals surface area contributed by atoms with E-state index in [2.05, 4.69) is 23.4 Å². The minimum Gasteiger partial charge on any atom is -0.453 e. The molecule has 0 radical (unpaired) electrons. The molecule has 0 bridgehead atoms. The fourth-order valence-electron chi connectivity index (χ4n) is 4.06. The summed E-state index contributed by atoms with van der Waals surface area (Å²) >= 11 is 0. The number of aryl methyl sites for hydroxylation is 1. The zero-order valence-electron chi connectivity index (χ0n) is 20.3. The number of aromatic amines is 1. The predicted octanol–water partition coefficient (Wildman–Crippen LogP) is 4.05. The molecular weight excluding hydrogens is 432 g/mol. The average Bonchev–Trinajstić information content (AvgIpc) is 3.55. The van der Waals surface area contributed by atoms with E-state index in [1.807, 2.05) is 26.0 Å². The molecule has 2 aromatic rings. The Kier molecular flexibility index (Phi) is 8.11. The molecule has 2 aromatic heterocycles. The summed E-state index contributed by atoms with van der Waals surface area (Å²) in [6.45, 7) is 10.1. The van der Waals surface area contributed by atoms with Gasteiger partial charge in [-0.3, -0.25) is 9.59 Å². The Labute approximate surface area is 200 Å². The van der Waals surface area contributed by atoms with Crippen LogP contribution in [-0.4, -0.2) is 51.8 Å². The Hall–Kier alpha value is -3.60. The summed E-state index contributed by atoms with van der Waals surface area (Å²) in [6.07, 6.45) is 5.92. The summed E-state index contributed by atoms with van der Waals surface area (Å²) in [7, 11) is 0. The number of Topliss-reactive ketones (excluding diaryl/α,β-unsaturated/α-hetero) is 1. The van der Waals surface area contributed by atoms with Gasteiger partial charge in [-0.15, -0.1) is 0 Å². The van der Waals surface area contributed by atoms with Crippen LogP contribution in [0.15, 0.2) is 23.9 Å². The number of likely N-dealkylation sites (tertiary alicyclic amines) is 1. The van der Waals surface area contributed by atoms with Crippen molar-refractivity contribution >= 4 is 23.7 Å². The van der Waals surface area contributed by atoms with Crippen LogP contribution < -0.4 is 0 Å². The van der Waals surface area contributed by atoms with Crippen LogP contribution >= 0.6 is 0 Å². The third-order valence-electron chi connectivity index (χ3n) is 6.15. The standard InChI is InChI=1S/C26H32N4O4/c1-17(2)7-10-30-18(3)11-20(19(30)4)12-21(14-27)26(33)34-16-24(31)22-13-23(28-15-22)25(32)29-8-5-6-9-29/h11-13,15,17,28H,5-10,16H2,1-4H3/b21-12+. The van der Waals surface area contributed by atoms with Crippen LogP contribution in [0.2, 0.25) is 0 Å². The van der Waals surface area contributed by atoms with Gasteiger partial charge >= 0.3 is 5.97 Å². The van der Waals surface area contributed by atoms with Crippen molar-refractivity contribution in [2.24, 2.45) is 5.92 Å². The smallest absolute Gasteiger partial charge is 0.349 e. The number of amides is 1. The van der Waals surface area contributed by atoms with Crippen LogP contribution in [0.4, 0.5) is 0 Å². The van der Waals surface area contributed by atoms with Crippen molar-refractivity contribution in [2.45, 2.75) is 53.5 Å². The Bertz CT molecular complexity index is 1140. The normalized spacial score (nSPS) is 13.9. The van der Waals surface area contributed by atoms with E-state index in [1.165, 1.54) is 18.3 Å². The van der Waals surface area contributed by atoms with Gasteiger partial charge in [0.25, 0.3) is 5.91 Å². The van der Waals surface area contributed by atoms with E-state index in [0.29, 0.717) is 24.7 Å². The number of esters is 1. The number of ketones is 1. The van der Waals surface area contributed by atoms with Crippen LogP contribution in [0, 0.1) is 31.1 Å². The second-order valence-corrected chi connectivity index (χ2v) is 9.13. The number of aromatic nitrogens is 2. The van der Waals surface area contributed by atoms with Crippen molar-refractivity contribution in [1.82, 2.24) is 14.5 Å². The number of hydrogen-bond donors (Lipinski definition) is 1. The second kappa shape index (κ2) is 11.0. The van der Waals surface area contributed by atoms with Crippen molar-refractivity contribution in [3.05, 3.63) is 52.1 Å². The molecule has 1 aliphatic heterocycles. The van der Waals surface area contributed by atoms with E-state index in [4.69, 9.17) is 4.74 Å².